The summed E-state index contributed by atoms with van der Waals surface area (Å²) in [6.45, 7) is 4.82. The molecule has 3 rings (SSSR count). The van der Waals surface area contributed by atoms with Gasteiger partial charge < -0.3 is 14.3 Å². The molecule has 0 radical (unpaired) electrons. The van der Waals surface area contributed by atoms with E-state index in [1.54, 1.807) is 0 Å². The average Bonchev–Trinajstić information content (AvgIpc) is 3.02. The molecule has 5 nitrogen and oxygen atoms in total. The van der Waals surface area contributed by atoms with Gasteiger partial charge in [0, 0.05) is 9.13 Å². The highest BCUT2D eigenvalue weighted by molar-refractivity contribution is 14.1. The SMILES string of the molecule is CCCCOc1ccc(-c2nc(C=Nc3ccc(I)cc3C)c(O)o2)cc1. The monoisotopic (exact) mass is 476 g/mol. The number of unbranched alkanes of at least 4 members (excludes halogenated alkanes) is 1. The summed E-state index contributed by atoms with van der Waals surface area (Å²) in [5.74, 6) is 0.896. The number of hydrogen-bond acceptors (Lipinski definition) is 5. The summed E-state index contributed by atoms with van der Waals surface area (Å²) in [6.07, 6.45) is 3.64. The molecule has 6 heteroatoms. The Morgan fingerprint density at radius 1 is 1.22 bits per heavy atom. The van der Waals surface area contributed by atoms with E-state index in [2.05, 4.69) is 39.5 Å². The number of ether oxygens (including phenoxy) is 1. The Balaban J connectivity index is 1.75. The predicted molar refractivity (Wildman–Crippen MR) is 115 cm³/mol. The number of benzene rings is 2. The highest BCUT2D eigenvalue weighted by atomic mass is 127. The van der Waals surface area contributed by atoms with Crippen molar-refractivity contribution in [3.8, 4) is 23.1 Å². The third-order valence-electron chi connectivity index (χ3n) is 3.99. The molecule has 2 aromatic carbocycles. The van der Waals surface area contributed by atoms with Crippen molar-refractivity contribution in [2.45, 2.75) is 26.7 Å². The largest absolute Gasteiger partial charge is 0.494 e. The van der Waals surface area contributed by atoms with Crippen LogP contribution in [0.5, 0.6) is 11.7 Å². The van der Waals surface area contributed by atoms with E-state index < -0.39 is 0 Å². The van der Waals surface area contributed by atoms with Crippen LogP contribution < -0.4 is 4.74 Å². The molecular weight excluding hydrogens is 455 g/mol. The Labute approximate surface area is 172 Å². The van der Waals surface area contributed by atoms with Crippen LogP contribution in [0.2, 0.25) is 0 Å². The number of rotatable bonds is 7. The molecule has 1 heterocycles. The zero-order valence-electron chi connectivity index (χ0n) is 15.3. The molecule has 0 saturated carbocycles. The second-order valence-electron chi connectivity index (χ2n) is 6.12. The summed E-state index contributed by atoms with van der Waals surface area (Å²) in [5, 5.41) is 10.0. The summed E-state index contributed by atoms with van der Waals surface area (Å²) in [4.78, 5) is 8.75. The van der Waals surface area contributed by atoms with E-state index in [1.807, 2.05) is 49.4 Å². The van der Waals surface area contributed by atoms with Gasteiger partial charge in [0.25, 0.3) is 0 Å². The van der Waals surface area contributed by atoms with Crippen LogP contribution in [0.25, 0.3) is 11.5 Å². The van der Waals surface area contributed by atoms with Crippen molar-refractivity contribution in [2.75, 3.05) is 6.61 Å². The summed E-state index contributed by atoms with van der Waals surface area (Å²) in [6, 6.07) is 13.4. The lowest BCUT2D eigenvalue weighted by molar-refractivity contribution is 0.309. The maximum atomic E-state index is 10.0. The standard InChI is InChI=1S/C21H21IN2O3/c1-3-4-11-26-17-8-5-15(6-9-17)20-24-19(21(25)27-20)13-23-18-10-7-16(22)12-14(18)2/h5-10,12-13,25H,3-4,11H2,1-2H3. The molecule has 0 unspecified atom stereocenters. The van der Waals surface area contributed by atoms with Gasteiger partial charge in [0.05, 0.1) is 18.5 Å². The third kappa shape index (κ3) is 5.09. The summed E-state index contributed by atoms with van der Waals surface area (Å²) in [5.41, 5.74) is 2.94. The average molecular weight is 476 g/mol. The van der Waals surface area contributed by atoms with Gasteiger partial charge in [0.2, 0.25) is 5.89 Å². The van der Waals surface area contributed by atoms with Crippen molar-refractivity contribution in [3.05, 3.63) is 57.3 Å². The molecule has 0 amide bonds. The summed E-state index contributed by atoms with van der Waals surface area (Å²) in [7, 11) is 0. The minimum atomic E-state index is -0.250. The normalized spacial score (nSPS) is 11.2. The summed E-state index contributed by atoms with van der Waals surface area (Å²) >= 11 is 2.26. The minimum Gasteiger partial charge on any atom is -0.494 e. The first-order valence-corrected chi connectivity index (χ1v) is 9.88. The Morgan fingerprint density at radius 3 is 2.70 bits per heavy atom. The lowest BCUT2D eigenvalue weighted by Crippen LogP contribution is -1.95. The zero-order valence-corrected chi connectivity index (χ0v) is 17.4. The molecular formula is C21H21IN2O3. The Morgan fingerprint density at radius 2 is 2.00 bits per heavy atom. The smallest absolute Gasteiger partial charge is 0.312 e. The number of aromatic hydroxyl groups is 1. The van der Waals surface area contributed by atoms with Gasteiger partial charge in [-0.1, -0.05) is 13.3 Å². The highest BCUT2D eigenvalue weighted by Crippen LogP contribution is 2.28. The fourth-order valence-electron chi connectivity index (χ4n) is 2.45. The van der Waals surface area contributed by atoms with Gasteiger partial charge in [0.1, 0.15) is 5.75 Å². The number of nitrogens with zero attached hydrogens (tertiary/aromatic N) is 2. The van der Waals surface area contributed by atoms with Crippen LogP contribution in [0.1, 0.15) is 31.0 Å². The van der Waals surface area contributed by atoms with Crippen molar-refractivity contribution in [1.82, 2.24) is 4.98 Å². The van der Waals surface area contributed by atoms with E-state index in [9.17, 15) is 5.11 Å². The minimum absolute atomic E-state index is 0.250. The molecule has 0 atom stereocenters. The van der Waals surface area contributed by atoms with Crippen LogP contribution in [-0.4, -0.2) is 22.9 Å². The Kier molecular flexibility index (Phi) is 6.49. The van der Waals surface area contributed by atoms with Gasteiger partial charge in [0.15, 0.2) is 5.69 Å². The fraction of sp³-hybridized carbons (Fsp3) is 0.238. The molecule has 0 aliphatic rings. The first kappa shape index (κ1) is 19.4. The van der Waals surface area contributed by atoms with Crippen LogP contribution in [0.3, 0.4) is 0 Å². The van der Waals surface area contributed by atoms with E-state index in [0.29, 0.717) is 18.2 Å². The third-order valence-corrected chi connectivity index (χ3v) is 4.66. The van der Waals surface area contributed by atoms with Crippen LogP contribution in [-0.2, 0) is 0 Å². The molecule has 0 saturated heterocycles. The van der Waals surface area contributed by atoms with Crippen LogP contribution in [0, 0.1) is 10.5 Å². The van der Waals surface area contributed by atoms with Crippen molar-refractivity contribution in [1.29, 1.82) is 0 Å². The van der Waals surface area contributed by atoms with E-state index in [0.717, 1.165) is 39.0 Å². The topological polar surface area (TPSA) is 67.9 Å². The molecule has 1 N–H and O–H groups in total. The second kappa shape index (κ2) is 9.03. The van der Waals surface area contributed by atoms with Gasteiger partial charge in [-0.2, -0.15) is 0 Å². The van der Waals surface area contributed by atoms with Crippen molar-refractivity contribution >= 4 is 34.5 Å². The molecule has 0 bridgehead atoms. The number of aromatic nitrogens is 1. The lowest BCUT2D eigenvalue weighted by Gasteiger charge is -2.05. The number of halogens is 1. The maximum Gasteiger partial charge on any atom is 0.312 e. The molecule has 0 aliphatic carbocycles. The summed E-state index contributed by atoms with van der Waals surface area (Å²) < 4.78 is 12.2. The predicted octanol–water partition coefficient (Wildman–Crippen LogP) is 5.89. The molecule has 3 aromatic rings. The van der Waals surface area contributed by atoms with Gasteiger partial charge in [-0.3, -0.25) is 4.99 Å². The number of hydrogen-bond donors (Lipinski definition) is 1. The van der Waals surface area contributed by atoms with E-state index in [1.165, 1.54) is 6.21 Å². The Bertz CT molecular complexity index is 933. The van der Waals surface area contributed by atoms with Crippen molar-refractivity contribution in [3.63, 3.8) is 0 Å². The van der Waals surface area contributed by atoms with E-state index in [-0.39, 0.29) is 5.95 Å². The first-order chi connectivity index (χ1) is 13.1. The molecule has 1 aromatic heterocycles. The highest BCUT2D eigenvalue weighted by Gasteiger charge is 2.12. The molecule has 0 fully saturated rings. The van der Waals surface area contributed by atoms with Crippen LogP contribution in [0.15, 0.2) is 51.9 Å². The van der Waals surface area contributed by atoms with Gasteiger partial charge in [-0.05, 0) is 84.0 Å². The number of aliphatic imine (C=N–C) groups is 1. The quantitative estimate of drug-likeness (QED) is 0.262. The van der Waals surface area contributed by atoms with Gasteiger partial charge in [-0.25, -0.2) is 4.98 Å². The number of aryl methyl sites for hydroxylation is 1. The van der Waals surface area contributed by atoms with E-state index >= 15 is 0 Å². The van der Waals surface area contributed by atoms with Crippen molar-refractivity contribution in [2.24, 2.45) is 4.99 Å². The maximum absolute atomic E-state index is 10.0. The first-order valence-electron chi connectivity index (χ1n) is 8.80. The van der Waals surface area contributed by atoms with E-state index in [4.69, 9.17) is 9.15 Å². The van der Waals surface area contributed by atoms with Crippen LogP contribution >= 0.6 is 22.6 Å². The van der Waals surface area contributed by atoms with Gasteiger partial charge >= 0.3 is 5.95 Å². The molecule has 0 spiro atoms. The molecule has 0 aliphatic heterocycles. The zero-order chi connectivity index (χ0) is 19.2. The fourth-order valence-corrected chi connectivity index (χ4v) is 3.10. The van der Waals surface area contributed by atoms with Gasteiger partial charge in [-0.15, -0.1) is 0 Å². The lowest BCUT2D eigenvalue weighted by atomic mass is 10.2. The second-order valence-corrected chi connectivity index (χ2v) is 7.37. The molecule has 27 heavy (non-hydrogen) atoms. The Hall–Kier alpha value is -2.35. The van der Waals surface area contributed by atoms with Crippen LogP contribution in [0.4, 0.5) is 5.69 Å². The van der Waals surface area contributed by atoms with Crippen molar-refractivity contribution < 1.29 is 14.3 Å². The molecule has 140 valence electrons. The number of oxazole rings is 1.